The van der Waals surface area contributed by atoms with E-state index in [9.17, 15) is 4.79 Å². The third-order valence-corrected chi connectivity index (χ3v) is 4.07. The average Bonchev–Trinajstić information content (AvgIpc) is 2.83. The predicted octanol–water partition coefficient (Wildman–Crippen LogP) is 0.645. The van der Waals surface area contributed by atoms with Gasteiger partial charge in [0.25, 0.3) is 11.1 Å². The number of hydrogen-bond acceptors (Lipinski definition) is 5. The molecule has 0 radical (unpaired) electrons. The van der Waals surface area contributed by atoms with Crippen LogP contribution in [0.15, 0.2) is 9.64 Å². The van der Waals surface area contributed by atoms with Crippen LogP contribution in [0.4, 0.5) is 0 Å². The summed E-state index contributed by atoms with van der Waals surface area (Å²) in [5.41, 5.74) is -0.213. The lowest BCUT2D eigenvalue weighted by Crippen LogP contribution is -3.11. The molecule has 0 bridgehead atoms. The van der Waals surface area contributed by atoms with Gasteiger partial charge < -0.3 is 14.6 Å². The van der Waals surface area contributed by atoms with Crippen molar-refractivity contribution in [3.8, 4) is 0 Å². The number of quaternary nitrogens is 1. The Labute approximate surface area is 130 Å². The van der Waals surface area contributed by atoms with E-state index in [1.807, 2.05) is 20.8 Å². The molecule has 0 unspecified atom stereocenters. The first-order valence-corrected chi connectivity index (χ1v) is 8.51. The van der Waals surface area contributed by atoms with Gasteiger partial charge in [0.15, 0.2) is 6.54 Å². The van der Waals surface area contributed by atoms with E-state index >= 15 is 0 Å². The molecule has 2 rings (SSSR count). The molecule has 0 aromatic carbocycles. The number of rotatable bonds is 5. The monoisotopic (exact) mass is 313 g/mol. The molecule has 1 aromatic heterocycles. The minimum absolute atomic E-state index is 0.0195. The molecule has 0 saturated carbocycles. The third kappa shape index (κ3) is 6.05. The highest BCUT2D eigenvalue weighted by atomic mass is 32.2. The minimum atomic E-state index is -0.213. The number of nitrogens with one attached hydrogen (secondary N) is 2. The molecule has 21 heavy (non-hydrogen) atoms. The summed E-state index contributed by atoms with van der Waals surface area (Å²) in [7, 11) is 0. The van der Waals surface area contributed by atoms with Crippen LogP contribution in [-0.2, 0) is 11.3 Å². The first-order chi connectivity index (χ1) is 9.92. The van der Waals surface area contributed by atoms with Crippen LogP contribution in [0.1, 0.15) is 45.9 Å². The molecule has 118 valence electrons. The molecule has 1 saturated heterocycles. The smallest absolute Gasteiger partial charge is 0.277 e. The average molecular weight is 313 g/mol. The quantitative estimate of drug-likeness (QED) is 0.781. The number of amides is 1. The van der Waals surface area contributed by atoms with Crippen LogP contribution in [0.25, 0.3) is 0 Å². The van der Waals surface area contributed by atoms with Gasteiger partial charge in [0.2, 0.25) is 5.91 Å². The number of aromatic nitrogens is 2. The van der Waals surface area contributed by atoms with Gasteiger partial charge in [0.05, 0.1) is 18.8 Å². The van der Waals surface area contributed by atoms with Gasteiger partial charge in [-0.25, -0.2) is 0 Å². The zero-order valence-electron chi connectivity index (χ0n) is 13.1. The number of carbonyl (C=O) groups is 1. The first kappa shape index (κ1) is 16.3. The van der Waals surface area contributed by atoms with Crippen LogP contribution in [0, 0.1) is 0 Å². The summed E-state index contributed by atoms with van der Waals surface area (Å²) >= 11 is 1.29. The van der Waals surface area contributed by atoms with Gasteiger partial charge in [0, 0.05) is 5.54 Å². The van der Waals surface area contributed by atoms with Crippen LogP contribution < -0.4 is 10.2 Å². The summed E-state index contributed by atoms with van der Waals surface area (Å²) in [4.78, 5) is 13.2. The predicted molar refractivity (Wildman–Crippen MR) is 81.2 cm³/mol. The van der Waals surface area contributed by atoms with E-state index in [1.54, 1.807) is 0 Å². The van der Waals surface area contributed by atoms with Crippen molar-refractivity contribution >= 4 is 17.7 Å². The molecule has 1 aromatic rings. The second kappa shape index (κ2) is 7.26. The number of thioether (sulfide) groups is 1. The fourth-order valence-electron chi connectivity index (χ4n) is 2.39. The zero-order valence-corrected chi connectivity index (χ0v) is 13.9. The van der Waals surface area contributed by atoms with Crippen molar-refractivity contribution < 1.29 is 14.1 Å². The lowest BCUT2D eigenvalue weighted by molar-refractivity contribution is -0.919. The molecule has 7 heteroatoms. The summed E-state index contributed by atoms with van der Waals surface area (Å²) in [6.07, 6.45) is 3.88. The summed E-state index contributed by atoms with van der Waals surface area (Å²) < 4.78 is 5.61. The number of carbonyl (C=O) groups excluding carboxylic acids is 1. The summed E-state index contributed by atoms with van der Waals surface area (Å²) in [5, 5.41) is 11.5. The summed E-state index contributed by atoms with van der Waals surface area (Å²) in [6, 6.07) is 0. The van der Waals surface area contributed by atoms with Crippen molar-refractivity contribution in [2.24, 2.45) is 0 Å². The van der Waals surface area contributed by atoms with Gasteiger partial charge in [-0.2, -0.15) is 0 Å². The van der Waals surface area contributed by atoms with Crippen molar-refractivity contribution in [2.75, 3.05) is 18.8 Å². The van der Waals surface area contributed by atoms with E-state index < -0.39 is 0 Å². The SMILES string of the molecule is CC(C)(C)NC(=O)CSc1nnc(C[NH+]2CCCCC2)o1. The molecule has 0 aliphatic carbocycles. The molecule has 1 aliphatic rings. The van der Waals surface area contributed by atoms with E-state index in [2.05, 4.69) is 15.5 Å². The maximum absolute atomic E-state index is 11.7. The molecule has 1 fully saturated rings. The molecule has 6 nitrogen and oxygen atoms in total. The molecule has 0 spiro atoms. The van der Waals surface area contributed by atoms with Gasteiger partial charge in [-0.05, 0) is 40.0 Å². The highest BCUT2D eigenvalue weighted by Crippen LogP contribution is 2.15. The molecular weight excluding hydrogens is 288 g/mol. The maximum atomic E-state index is 11.7. The molecular formula is C14H25N4O2S+. The van der Waals surface area contributed by atoms with Gasteiger partial charge in [-0.15, -0.1) is 10.2 Å². The maximum Gasteiger partial charge on any atom is 0.277 e. The summed E-state index contributed by atoms with van der Waals surface area (Å²) in [5.74, 6) is 0.953. The molecule has 0 atom stereocenters. The van der Waals surface area contributed by atoms with E-state index in [-0.39, 0.29) is 11.4 Å². The zero-order chi connectivity index (χ0) is 15.3. The second-order valence-corrected chi connectivity index (χ2v) is 7.46. The first-order valence-electron chi connectivity index (χ1n) is 7.52. The second-order valence-electron chi connectivity index (χ2n) is 6.54. The van der Waals surface area contributed by atoms with E-state index in [1.165, 1.54) is 49.0 Å². The number of piperidine rings is 1. The fraction of sp³-hybridized carbons (Fsp3) is 0.786. The highest BCUT2D eigenvalue weighted by Gasteiger charge is 2.19. The van der Waals surface area contributed by atoms with Crippen LogP contribution in [0.3, 0.4) is 0 Å². The lowest BCUT2D eigenvalue weighted by Gasteiger charge is -2.21. The molecule has 2 heterocycles. The van der Waals surface area contributed by atoms with Crippen molar-refractivity contribution in [3.05, 3.63) is 5.89 Å². The number of hydrogen-bond donors (Lipinski definition) is 2. The standard InChI is InChI=1S/C14H24N4O2S/c1-14(2,3)15-11(19)10-21-13-17-16-12(20-13)9-18-7-5-4-6-8-18/h4-10H2,1-3H3,(H,15,19)/p+1. The van der Waals surface area contributed by atoms with Gasteiger partial charge in [-0.1, -0.05) is 11.8 Å². The molecule has 1 aliphatic heterocycles. The van der Waals surface area contributed by atoms with Crippen LogP contribution in [0.5, 0.6) is 0 Å². The Morgan fingerprint density at radius 2 is 2.00 bits per heavy atom. The van der Waals surface area contributed by atoms with Crippen LogP contribution in [-0.4, -0.2) is 40.5 Å². The van der Waals surface area contributed by atoms with E-state index in [0.29, 0.717) is 16.9 Å². The minimum Gasteiger partial charge on any atom is -0.410 e. The van der Waals surface area contributed by atoms with E-state index in [4.69, 9.17) is 4.42 Å². The summed E-state index contributed by atoms with van der Waals surface area (Å²) in [6.45, 7) is 9.03. The van der Waals surface area contributed by atoms with Crippen LogP contribution in [0.2, 0.25) is 0 Å². The van der Waals surface area contributed by atoms with E-state index in [0.717, 1.165) is 6.54 Å². The number of nitrogens with zero attached hydrogens (tertiary/aromatic N) is 2. The van der Waals surface area contributed by atoms with Gasteiger partial charge in [0.1, 0.15) is 0 Å². The Balaban J connectivity index is 1.76. The van der Waals surface area contributed by atoms with Crippen molar-refractivity contribution in [3.63, 3.8) is 0 Å². The van der Waals surface area contributed by atoms with Crippen molar-refractivity contribution in [2.45, 2.75) is 57.3 Å². The number of likely N-dealkylation sites (tertiary alicyclic amines) is 1. The molecule has 2 N–H and O–H groups in total. The highest BCUT2D eigenvalue weighted by molar-refractivity contribution is 7.99. The van der Waals surface area contributed by atoms with Crippen LogP contribution >= 0.6 is 11.8 Å². The Bertz CT molecular complexity index is 464. The lowest BCUT2D eigenvalue weighted by atomic mass is 10.1. The normalized spacial score (nSPS) is 16.9. The van der Waals surface area contributed by atoms with Crippen molar-refractivity contribution in [1.29, 1.82) is 0 Å². The topological polar surface area (TPSA) is 72.5 Å². The Hall–Kier alpha value is -1.08. The Morgan fingerprint density at radius 3 is 2.67 bits per heavy atom. The molecule has 1 amide bonds. The van der Waals surface area contributed by atoms with Gasteiger partial charge >= 0.3 is 0 Å². The Morgan fingerprint density at radius 1 is 1.29 bits per heavy atom. The van der Waals surface area contributed by atoms with Crippen molar-refractivity contribution in [1.82, 2.24) is 15.5 Å². The fourth-order valence-corrected chi connectivity index (χ4v) is 2.97. The largest absolute Gasteiger partial charge is 0.410 e. The Kier molecular flexibility index (Phi) is 5.64. The van der Waals surface area contributed by atoms with Gasteiger partial charge in [-0.3, -0.25) is 4.79 Å². The third-order valence-electron chi connectivity index (χ3n) is 3.25.